The first-order valence-corrected chi connectivity index (χ1v) is 8.13. The Bertz CT molecular complexity index is 484. The molecular formula is C15H18BrClO3. The van der Waals surface area contributed by atoms with E-state index in [-0.39, 0.29) is 11.2 Å². The van der Waals surface area contributed by atoms with Crippen molar-refractivity contribution in [3.63, 3.8) is 0 Å². The Hall–Kier alpha value is -0.580. The third-order valence-electron chi connectivity index (χ3n) is 3.69. The molecule has 1 aromatic carbocycles. The van der Waals surface area contributed by atoms with Crippen LogP contribution in [0, 0.1) is 5.41 Å². The van der Waals surface area contributed by atoms with Crippen LogP contribution < -0.4 is 4.74 Å². The Morgan fingerprint density at radius 2 is 2.15 bits per heavy atom. The third kappa shape index (κ3) is 3.74. The van der Waals surface area contributed by atoms with Crippen molar-refractivity contribution in [2.45, 2.75) is 19.8 Å². The van der Waals surface area contributed by atoms with E-state index in [2.05, 4.69) is 15.9 Å². The van der Waals surface area contributed by atoms with Gasteiger partial charge in [0.05, 0.1) is 12.2 Å². The molecule has 1 aromatic rings. The molecule has 1 aliphatic heterocycles. The van der Waals surface area contributed by atoms with Gasteiger partial charge in [-0.3, -0.25) is 4.79 Å². The van der Waals surface area contributed by atoms with Gasteiger partial charge in [0.1, 0.15) is 5.75 Å². The van der Waals surface area contributed by atoms with Crippen molar-refractivity contribution in [1.82, 2.24) is 0 Å². The van der Waals surface area contributed by atoms with E-state index in [1.165, 1.54) is 6.92 Å². The molecule has 20 heavy (non-hydrogen) atoms. The topological polar surface area (TPSA) is 35.5 Å². The number of rotatable bonds is 5. The molecule has 3 nitrogen and oxygen atoms in total. The summed E-state index contributed by atoms with van der Waals surface area (Å²) in [6, 6.07) is 5.17. The molecule has 0 atom stereocenters. The molecule has 5 heteroatoms. The zero-order valence-electron chi connectivity index (χ0n) is 11.5. The fourth-order valence-electron chi connectivity index (χ4n) is 2.25. The summed E-state index contributed by atoms with van der Waals surface area (Å²) < 4.78 is 11.3. The molecule has 0 saturated carbocycles. The fourth-order valence-corrected chi connectivity index (χ4v) is 3.15. The van der Waals surface area contributed by atoms with Gasteiger partial charge in [0, 0.05) is 29.0 Å². The monoisotopic (exact) mass is 360 g/mol. The number of ether oxygens (including phenoxy) is 2. The Labute approximate surface area is 132 Å². The van der Waals surface area contributed by atoms with Gasteiger partial charge in [-0.2, -0.15) is 0 Å². The molecule has 2 rings (SSSR count). The van der Waals surface area contributed by atoms with Crippen LogP contribution in [0.2, 0.25) is 5.02 Å². The van der Waals surface area contributed by atoms with E-state index in [9.17, 15) is 4.79 Å². The molecule has 1 heterocycles. The summed E-state index contributed by atoms with van der Waals surface area (Å²) in [5.74, 6) is 0.566. The normalized spacial score (nSPS) is 17.8. The number of alkyl halides is 1. The second-order valence-electron chi connectivity index (χ2n) is 5.23. The van der Waals surface area contributed by atoms with E-state index >= 15 is 0 Å². The number of carbonyl (C=O) groups is 1. The first-order valence-electron chi connectivity index (χ1n) is 6.63. The molecule has 0 amide bonds. The Morgan fingerprint density at radius 3 is 2.75 bits per heavy atom. The lowest BCUT2D eigenvalue weighted by Crippen LogP contribution is -2.36. The average molecular weight is 362 g/mol. The highest BCUT2D eigenvalue weighted by Crippen LogP contribution is 2.34. The van der Waals surface area contributed by atoms with Gasteiger partial charge in [0.15, 0.2) is 5.78 Å². The van der Waals surface area contributed by atoms with Crippen molar-refractivity contribution in [2.24, 2.45) is 5.41 Å². The lowest BCUT2D eigenvalue weighted by atomic mass is 9.83. The first-order chi connectivity index (χ1) is 9.56. The van der Waals surface area contributed by atoms with Gasteiger partial charge in [-0.1, -0.05) is 27.5 Å². The Kier molecular flexibility index (Phi) is 5.47. The van der Waals surface area contributed by atoms with E-state index in [0.29, 0.717) is 22.9 Å². The average Bonchev–Trinajstić information content (AvgIpc) is 2.47. The molecule has 0 N–H and O–H groups in total. The SMILES string of the molecule is CC(=O)c1cc(Cl)ccc1OCC1(CBr)CCOCC1. The minimum absolute atomic E-state index is 0.0395. The summed E-state index contributed by atoms with van der Waals surface area (Å²) in [6.07, 6.45) is 1.92. The van der Waals surface area contributed by atoms with E-state index in [0.717, 1.165) is 31.4 Å². The summed E-state index contributed by atoms with van der Waals surface area (Å²) in [5.41, 5.74) is 0.612. The van der Waals surface area contributed by atoms with Crippen molar-refractivity contribution >= 4 is 33.3 Å². The summed E-state index contributed by atoms with van der Waals surface area (Å²) >= 11 is 9.51. The molecule has 0 bridgehead atoms. The number of hydrogen-bond donors (Lipinski definition) is 0. The van der Waals surface area contributed by atoms with Gasteiger partial charge in [-0.15, -0.1) is 0 Å². The van der Waals surface area contributed by atoms with Crippen LogP contribution in [0.25, 0.3) is 0 Å². The van der Waals surface area contributed by atoms with Gasteiger partial charge in [-0.25, -0.2) is 0 Å². The predicted octanol–water partition coefficient (Wildman–Crippen LogP) is 4.11. The van der Waals surface area contributed by atoms with Gasteiger partial charge in [0.2, 0.25) is 0 Å². The lowest BCUT2D eigenvalue weighted by Gasteiger charge is -2.35. The smallest absolute Gasteiger partial charge is 0.163 e. The first kappa shape index (κ1) is 15.8. The van der Waals surface area contributed by atoms with Crippen LogP contribution in [0.4, 0.5) is 0 Å². The highest BCUT2D eigenvalue weighted by Gasteiger charge is 2.32. The van der Waals surface area contributed by atoms with E-state index in [1.807, 2.05) is 0 Å². The highest BCUT2D eigenvalue weighted by atomic mass is 79.9. The van der Waals surface area contributed by atoms with E-state index in [4.69, 9.17) is 21.1 Å². The van der Waals surface area contributed by atoms with Crippen LogP contribution in [-0.2, 0) is 4.74 Å². The van der Waals surface area contributed by atoms with Crippen molar-refractivity contribution in [3.05, 3.63) is 28.8 Å². The van der Waals surface area contributed by atoms with Crippen LogP contribution in [-0.4, -0.2) is 30.9 Å². The molecule has 1 saturated heterocycles. The Balaban J connectivity index is 2.11. The zero-order chi connectivity index (χ0) is 14.6. The summed E-state index contributed by atoms with van der Waals surface area (Å²) in [4.78, 5) is 11.7. The van der Waals surface area contributed by atoms with E-state index < -0.39 is 0 Å². The number of Topliss-reactive ketones (excluding diaryl/α,β-unsaturated/α-hetero) is 1. The summed E-state index contributed by atoms with van der Waals surface area (Å²) in [6.45, 7) is 3.61. The van der Waals surface area contributed by atoms with Crippen molar-refractivity contribution in [1.29, 1.82) is 0 Å². The van der Waals surface area contributed by atoms with Gasteiger partial charge in [-0.05, 0) is 38.0 Å². The number of hydrogen-bond acceptors (Lipinski definition) is 3. The van der Waals surface area contributed by atoms with Gasteiger partial charge in [0.25, 0.3) is 0 Å². The van der Waals surface area contributed by atoms with Crippen LogP contribution >= 0.6 is 27.5 Å². The maximum absolute atomic E-state index is 11.7. The molecule has 1 fully saturated rings. The number of benzene rings is 1. The van der Waals surface area contributed by atoms with Gasteiger partial charge >= 0.3 is 0 Å². The maximum Gasteiger partial charge on any atom is 0.163 e. The molecule has 0 spiro atoms. The van der Waals surface area contributed by atoms with Crippen molar-refractivity contribution < 1.29 is 14.3 Å². The molecule has 1 aliphatic rings. The van der Waals surface area contributed by atoms with E-state index in [1.54, 1.807) is 18.2 Å². The number of ketones is 1. The predicted molar refractivity (Wildman–Crippen MR) is 83.2 cm³/mol. The van der Waals surface area contributed by atoms with Crippen LogP contribution in [0.1, 0.15) is 30.1 Å². The standard InChI is InChI=1S/C15H18BrClO3/c1-11(18)13-8-12(17)2-3-14(13)20-10-15(9-16)4-6-19-7-5-15/h2-3,8H,4-7,9-10H2,1H3. The van der Waals surface area contributed by atoms with Crippen LogP contribution in [0.3, 0.4) is 0 Å². The van der Waals surface area contributed by atoms with Gasteiger partial charge < -0.3 is 9.47 Å². The molecule has 110 valence electrons. The largest absolute Gasteiger partial charge is 0.492 e. The minimum Gasteiger partial charge on any atom is -0.492 e. The van der Waals surface area contributed by atoms with Crippen molar-refractivity contribution in [3.8, 4) is 5.75 Å². The maximum atomic E-state index is 11.7. The molecule has 0 aromatic heterocycles. The molecule has 0 unspecified atom stereocenters. The highest BCUT2D eigenvalue weighted by molar-refractivity contribution is 9.09. The number of carbonyl (C=O) groups excluding carboxylic acids is 1. The summed E-state index contributed by atoms with van der Waals surface area (Å²) in [5, 5.41) is 1.41. The van der Waals surface area contributed by atoms with Crippen molar-refractivity contribution in [2.75, 3.05) is 25.2 Å². The minimum atomic E-state index is -0.0395. The second-order valence-corrected chi connectivity index (χ2v) is 6.23. The van der Waals surface area contributed by atoms with Crippen LogP contribution in [0.5, 0.6) is 5.75 Å². The quantitative estimate of drug-likeness (QED) is 0.585. The lowest BCUT2D eigenvalue weighted by molar-refractivity contribution is 0.00340. The molecule has 0 aliphatic carbocycles. The number of halogens is 2. The molecular weight excluding hydrogens is 344 g/mol. The van der Waals surface area contributed by atoms with Crippen LogP contribution in [0.15, 0.2) is 18.2 Å². The Morgan fingerprint density at radius 1 is 1.45 bits per heavy atom. The zero-order valence-corrected chi connectivity index (χ0v) is 13.8. The fraction of sp³-hybridized carbons (Fsp3) is 0.533. The third-order valence-corrected chi connectivity index (χ3v) is 5.12. The second kappa shape index (κ2) is 6.92. The molecule has 0 radical (unpaired) electrons. The summed E-state index contributed by atoms with van der Waals surface area (Å²) in [7, 11) is 0.